The highest BCUT2D eigenvalue weighted by Crippen LogP contribution is 2.05. The largest absolute Gasteiger partial charge is 0.355 e. The molecule has 0 radical (unpaired) electrons. The van der Waals surface area contributed by atoms with Crippen LogP contribution in [0, 0.1) is 0 Å². The zero-order valence-corrected chi connectivity index (χ0v) is 16.4. The number of hydrogen-bond acceptors (Lipinski definition) is 4. The van der Waals surface area contributed by atoms with Crippen molar-refractivity contribution in [3.05, 3.63) is 0 Å². The van der Waals surface area contributed by atoms with Gasteiger partial charge >= 0.3 is 0 Å². The minimum atomic E-state index is 0. The monoisotopic (exact) mass is 378 g/mol. The lowest BCUT2D eigenvalue weighted by atomic mass is 10.2. The van der Waals surface area contributed by atoms with E-state index in [0.29, 0.717) is 12.5 Å². The lowest BCUT2D eigenvalue weighted by Crippen LogP contribution is -2.52. The predicted molar refractivity (Wildman–Crippen MR) is 101 cm³/mol. The first-order valence-electron chi connectivity index (χ1n) is 7.51. The Balaban J connectivity index is -0.00000120. The number of nitrogens with one attached hydrogen (secondary N) is 1. The smallest absolute Gasteiger partial charge is 0.220 e. The van der Waals surface area contributed by atoms with Crippen LogP contribution in [-0.2, 0) is 4.79 Å². The lowest BCUT2D eigenvalue weighted by Gasteiger charge is -2.37. The zero-order chi connectivity index (χ0) is 14.3. The van der Waals surface area contributed by atoms with Crippen LogP contribution in [0.2, 0.25) is 0 Å². The molecule has 1 aliphatic heterocycles. The Kier molecular flexibility index (Phi) is 18.2. The summed E-state index contributed by atoms with van der Waals surface area (Å²) < 4.78 is 0. The van der Waals surface area contributed by atoms with Crippen LogP contribution in [0.3, 0.4) is 0 Å². The van der Waals surface area contributed by atoms with Gasteiger partial charge in [-0.1, -0.05) is 6.92 Å². The number of amides is 1. The van der Waals surface area contributed by atoms with Crippen molar-refractivity contribution in [2.24, 2.45) is 5.73 Å². The van der Waals surface area contributed by atoms with Gasteiger partial charge in [-0.15, -0.1) is 37.2 Å². The van der Waals surface area contributed by atoms with E-state index in [1.807, 2.05) is 6.92 Å². The molecule has 2 atom stereocenters. The summed E-state index contributed by atoms with van der Waals surface area (Å²) in [5, 5.41) is 3.01. The van der Waals surface area contributed by atoms with Crippen LogP contribution >= 0.6 is 37.2 Å². The van der Waals surface area contributed by atoms with E-state index < -0.39 is 0 Å². The molecule has 0 aliphatic carbocycles. The van der Waals surface area contributed by atoms with Crippen LogP contribution in [0.15, 0.2) is 0 Å². The van der Waals surface area contributed by atoms with Gasteiger partial charge in [0.25, 0.3) is 0 Å². The van der Waals surface area contributed by atoms with Crippen LogP contribution in [0.4, 0.5) is 0 Å². The summed E-state index contributed by atoms with van der Waals surface area (Å²) in [6, 6.07) is 0.517. The van der Waals surface area contributed by atoms with Crippen molar-refractivity contribution in [3.63, 3.8) is 0 Å². The van der Waals surface area contributed by atoms with E-state index >= 15 is 0 Å². The van der Waals surface area contributed by atoms with Gasteiger partial charge in [0, 0.05) is 51.2 Å². The third kappa shape index (κ3) is 10.9. The van der Waals surface area contributed by atoms with Crippen LogP contribution in [0.5, 0.6) is 0 Å². The predicted octanol–water partition coefficient (Wildman–Crippen LogP) is 1.52. The molecule has 0 aromatic carbocycles. The number of nitrogens with zero attached hydrogens (tertiary/aromatic N) is 2. The number of halogens is 3. The average molecular weight is 380 g/mol. The van der Waals surface area contributed by atoms with Gasteiger partial charge in [-0.2, -0.15) is 0 Å². The molecule has 8 heteroatoms. The van der Waals surface area contributed by atoms with Crippen molar-refractivity contribution in [3.8, 4) is 0 Å². The van der Waals surface area contributed by atoms with Crippen molar-refractivity contribution >= 4 is 43.1 Å². The van der Waals surface area contributed by atoms with Crippen molar-refractivity contribution < 1.29 is 4.79 Å². The van der Waals surface area contributed by atoms with Gasteiger partial charge in [-0.05, 0) is 26.8 Å². The van der Waals surface area contributed by atoms with Crippen LogP contribution in [0.25, 0.3) is 0 Å². The van der Waals surface area contributed by atoms with Gasteiger partial charge in [0.05, 0.1) is 0 Å². The van der Waals surface area contributed by atoms with Gasteiger partial charge < -0.3 is 16.0 Å². The van der Waals surface area contributed by atoms with Crippen molar-refractivity contribution in [1.82, 2.24) is 15.1 Å². The topological polar surface area (TPSA) is 61.6 Å². The second-order valence-corrected chi connectivity index (χ2v) is 5.64. The van der Waals surface area contributed by atoms with Crippen LogP contribution in [0.1, 0.15) is 33.6 Å². The van der Waals surface area contributed by atoms with E-state index in [2.05, 4.69) is 29.0 Å². The standard InChI is InChI=1S/C14H30N4O.3ClH/c1-4-17-7-9-18(10-8-17)13(3)11-16-14(19)6-5-12(2)15;;;/h12-13H,4-11,15H2,1-3H3,(H,16,19);3*1H. The highest BCUT2D eigenvalue weighted by molar-refractivity contribution is 5.86. The molecule has 1 saturated heterocycles. The second-order valence-electron chi connectivity index (χ2n) is 5.64. The molecular formula is C14H33Cl3N4O. The normalized spacial score (nSPS) is 18.2. The maximum atomic E-state index is 11.6. The highest BCUT2D eigenvalue weighted by Gasteiger charge is 2.20. The minimum absolute atomic E-state index is 0. The van der Waals surface area contributed by atoms with Gasteiger partial charge in [-0.25, -0.2) is 0 Å². The van der Waals surface area contributed by atoms with Gasteiger partial charge in [0.1, 0.15) is 0 Å². The first kappa shape index (κ1) is 27.1. The minimum Gasteiger partial charge on any atom is -0.355 e. The van der Waals surface area contributed by atoms with E-state index in [0.717, 1.165) is 45.7 Å². The average Bonchev–Trinajstić information content (AvgIpc) is 2.42. The molecule has 5 nitrogen and oxygen atoms in total. The van der Waals surface area contributed by atoms with Crippen LogP contribution < -0.4 is 11.1 Å². The fourth-order valence-electron chi connectivity index (χ4n) is 2.36. The molecule has 1 heterocycles. The van der Waals surface area contributed by atoms with Crippen molar-refractivity contribution in [1.29, 1.82) is 0 Å². The molecule has 1 aliphatic rings. The Morgan fingerprint density at radius 2 is 1.68 bits per heavy atom. The number of hydrogen-bond donors (Lipinski definition) is 2. The molecule has 1 rings (SSSR count). The maximum Gasteiger partial charge on any atom is 0.220 e. The van der Waals surface area contributed by atoms with Crippen molar-refractivity contribution in [2.45, 2.75) is 45.7 Å². The van der Waals surface area contributed by atoms with E-state index in [-0.39, 0.29) is 49.2 Å². The van der Waals surface area contributed by atoms with Crippen LogP contribution in [-0.4, -0.2) is 67.1 Å². The fourth-order valence-corrected chi connectivity index (χ4v) is 2.36. The molecule has 1 amide bonds. The highest BCUT2D eigenvalue weighted by atomic mass is 35.5. The molecule has 0 aromatic rings. The number of carbonyl (C=O) groups excluding carboxylic acids is 1. The quantitative estimate of drug-likeness (QED) is 0.704. The maximum absolute atomic E-state index is 11.6. The number of piperazine rings is 1. The summed E-state index contributed by atoms with van der Waals surface area (Å²) in [6.07, 6.45) is 1.30. The lowest BCUT2D eigenvalue weighted by molar-refractivity contribution is -0.121. The Morgan fingerprint density at radius 3 is 2.14 bits per heavy atom. The molecule has 0 spiro atoms. The molecule has 22 heavy (non-hydrogen) atoms. The summed E-state index contributed by atoms with van der Waals surface area (Å²) in [5.41, 5.74) is 5.65. The summed E-state index contributed by atoms with van der Waals surface area (Å²) in [5.74, 6) is 0.122. The molecule has 0 saturated carbocycles. The molecule has 1 fully saturated rings. The van der Waals surface area contributed by atoms with E-state index in [9.17, 15) is 4.79 Å². The Labute approximate surface area is 154 Å². The summed E-state index contributed by atoms with van der Waals surface area (Å²) in [4.78, 5) is 16.6. The SMILES string of the molecule is CCN1CCN(C(C)CNC(=O)CCC(C)N)CC1.Cl.Cl.Cl. The third-order valence-electron chi connectivity index (χ3n) is 3.90. The second kappa shape index (κ2) is 14.8. The molecule has 136 valence electrons. The summed E-state index contributed by atoms with van der Waals surface area (Å²) in [6.45, 7) is 12.7. The molecule has 2 unspecified atom stereocenters. The van der Waals surface area contributed by atoms with Gasteiger partial charge in [-0.3, -0.25) is 9.69 Å². The first-order valence-corrected chi connectivity index (χ1v) is 7.51. The Bertz CT molecular complexity index is 275. The first-order chi connectivity index (χ1) is 9.02. The Morgan fingerprint density at radius 1 is 1.14 bits per heavy atom. The number of rotatable bonds is 7. The van der Waals surface area contributed by atoms with Gasteiger partial charge in [0.2, 0.25) is 5.91 Å². The molecule has 0 aromatic heterocycles. The Hall–Kier alpha value is 0.220. The summed E-state index contributed by atoms with van der Waals surface area (Å²) in [7, 11) is 0. The van der Waals surface area contributed by atoms with E-state index in [1.54, 1.807) is 0 Å². The fraction of sp³-hybridized carbons (Fsp3) is 0.929. The zero-order valence-electron chi connectivity index (χ0n) is 13.9. The summed E-state index contributed by atoms with van der Waals surface area (Å²) >= 11 is 0. The van der Waals surface area contributed by atoms with Gasteiger partial charge in [0.15, 0.2) is 0 Å². The van der Waals surface area contributed by atoms with E-state index in [1.165, 1.54) is 0 Å². The number of likely N-dealkylation sites (N-methyl/N-ethyl adjacent to an activating group) is 1. The molecule has 0 bridgehead atoms. The third-order valence-corrected chi connectivity index (χ3v) is 3.90. The van der Waals surface area contributed by atoms with E-state index in [4.69, 9.17) is 5.73 Å². The number of nitrogens with two attached hydrogens (primary N) is 1. The molecule has 3 N–H and O–H groups in total. The number of carbonyl (C=O) groups is 1. The van der Waals surface area contributed by atoms with Crippen molar-refractivity contribution in [2.75, 3.05) is 39.3 Å². The molecular weight excluding hydrogens is 347 g/mol.